The van der Waals surface area contributed by atoms with Gasteiger partial charge in [0.05, 0.1) is 23.0 Å². The van der Waals surface area contributed by atoms with Crippen molar-refractivity contribution in [2.24, 2.45) is 5.92 Å². The Bertz CT molecular complexity index is 688. The first kappa shape index (κ1) is 18.4. The molecule has 22 heavy (non-hydrogen) atoms. The molecule has 0 aliphatic rings. The van der Waals surface area contributed by atoms with Gasteiger partial charge >= 0.3 is 0 Å². The quantitative estimate of drug-likeness (QED) is 0.684. The van der Waals surface area contributed by atoms with Crippen LogP contribution in [0.25, 0.3) is 0 Å². The molecule has 2 atom stereocenters. The molecule has 1 aromatic carbocycles. The van der Waals surface area contributed by atoms with Gasteiger partial charge in [-0.25, -0.2) is 13.1 Å². The number of aromatic carboxylic acids is 1. The minimum Gasteiger partial charge on any atom is -0.548 e. The van der Waals surface area contributed by atoms with Gasteiger partial charge in [0.25, 0.3) is 0 Å². The predicted molar refractivity (Wildman–Crippen MR) is 74.4 cm³/mol. The third-order valence-corrected chi connectivity index (χ3v) is 5.13. The molecule has 1 rings (SSSR count). The molecule has 0 spiro atoms. The number of nitrogens with one attached hydrogen (secondary N) is 1. The monoisotopic (exact) mass is 347 g/mol. The molecule has 0 saturated heterocycles. The zero-order valence-corrected chi connectivity index (χ0v) is 13.4. The number of rotatable bonds is 7. The lowest BCUT2D eigenvalue weighted by atomic mass is 10.0. The highest BCUT2D eigenvalue weighted by molar-refractivity contribution is 7.89. The Labute approximate surface area is 133 Å². The van der Waals surface area contributed by atoms with Gasteiger partial charge in [-0.2, -0.15) is 0 Å². The van der Waals surface area contributed by atoms with E-state index in [0.717, 1.165) is 18.2 Å². The van der Waals surface area contributed by atoms with Crippen LogP contribution >= 0.6 is 11.6 Å². The van der Waals surface area contributed by atoms with E-state index in [1.807, 2.05) is 4.72 Å². The van der Waals surface area contributed by atoms with E-state index in [1.54, 1.807) is 13.8 Å². The van der Waals surface area contributed by atoms with Crippen molar-refractivity contribution >= 4 is 33.6 Å². The van der Waals surface area contributed by atoms with Crippen molar-refractivity contribution in [1.29, 1.82) is 0 Å². The van der Waals surface area contributed by atoms with Gasteiger partial charge in [0.2, 0.25) is 10.0 Å². The fourth-order valence-corrected chi connectivity index (χ4v) is 3.52. The van der Waals surface area contributed by atoms with Crippen molar-refractivity contribution in [2.45, 2.75) is 31.2 Å². The summed E-state index contributed by atoms with van der Waals surface area (Å²) in [5.41, 5.74) is -0.390. The fraction of sp³-hybridized carbons (Fsp3) is 0.385. The SMILES string of the molecule is CC[C@@H](C)[C@H](NS(=O)(=O)c1cc(C(=O)[O-])ccc1Cl)C(=O)[O-]. The summed E-state index contributed by atoms with van der Waals surface area (Å²) in [5, 5.41) is 21.7. The molecule has 1 N–H and O–H groups in total. The highest BCUT2D eigenvalue weighted by Gasteiger charge is 2.26. The molecule has 0 fully saturated rings. The normalized spacial score (nSPS) is 14.3. The van der Waals surface area contributed by atoms with Gasteiger partial charge < -0.3 is 19.8 Å². The molecule has 0 unspecified atom stereocenters. The van der Waals surface area contributed by atoms with E-state index in [2.05, 4.69) is 0 Å². The summed E-state index contributed by atoms with van der Waals surface area (Å²) in [4.78, 5) is 21.4. The number of benzene rings is 1. The van der Waals surface area contributed by atoms with Crippen LogP contribution in [0.15, 0.2) is 23.1 Å². The van der Waals surface area contributed by atoms with E-state index >= 15 is 0 Å². The number of carbonyl (C=O) groups is 2. The molecule has 0 radical (unpaired) electrons. The van der Waals surface area contributed by atoms with Crippen molar-refractivity contribution < 1.29 is 28.2 Å². The number of aliphatic carboxylic acids is 1. The van der Waals surface area contributed by atoms with Crippen LogP contribution in [0.3, 0.4) is 0 Å². The first-order valence-corrected chi connectivity index (χ1v) is 8.20. The second-order valence-corrected chi connectivity index (χ2v) is 6.83. The summed E-state index contributed by atoms with van der Waals surface area (Å²) in [6.45, 7) is 3.24. The Hall–Kier alpha value is -1.64. The number of hydrogen-bond donors (Lipinski definition) is 1. The molecular formula is C13H14ClNO6S-2. The number of carboxylic acids is 2. The van der Waals surface area contributed by atoms with E-state index in [0.29, 0.717) is 6.42 Å². The van der Waals surface area contributed by atoms with E-state index in [1.165, 1.54) is 0 Å². The van der Waals surface area contributed by atoms with E-state index in [-0.39, 0.29) is 5.02 Å². The molecular weight excluding hydrogens is 334 g/mol. The van der Waals surface area contributed by atoms with Crippen LogP contribution in [-0.4, -0.2) is 26.4 Å². The second-order valence-electron chi connectivity index (χ2n) is 4.74. The van der Waals surface area contributed by atoms with Crippen LogP contribution in [0.4, 0.5) is 0 Å². The second kappa shape index (κ2) is 7.08. The number of sulfonamides is 1. The number of carbonyl (C=O) groups excluding carboxylic acids is 2. The van der Waals surface area contributed by atoms with Crippen molar-refractivity contribution in [3.05, 3.63) is 28.8 Å². The predicted octanol–water partition coefficient (Wildman–Crippen LogP) is -0.854. The van der Waals surface area contributed by atoms with Crippen LogP contribution < -0.4 is 14.9 Å². The van der Waals surface area contributed by atoms with Gasteiger partial charge in [-0.15, -0.1) is 0 Å². The summed E-state index contributed by atoms with van der Waals surface area (Å²) in [7, 11) is -4.34. The molecule has 0 heterocycles. The van der Waals surface area contributed by atoms with Crippen molar-refractivity contribution in [2.75, 3.05) is 0 Å². The smallest absolute Gasteiger partial charge is 0.242 e. The molecule has 0 bridgehead atoms. The summed E-state index contributed by atoms with van der Waals surface area (Å²) < 4.78 is 26.5. The average Bonchev–Trinajstić information content (AvgIpc) is 2.43. The van der Waals surface area contributed by atoms with E-state index in [4.69, 9.17) is 11.6 Å². The number of carboxylic acid groups (broad SMARTS) is 2. The molecule has 0 aromatic heterocycles. The first-order chi connectivity index (χ1) is 10.1. The minimum absolute atomic E-state index is 0.237. The summed E-state index contributed by atoms with van der Waals surface area (Å²) in [6, 6.07) is 1.51. The summed E-state index contributed by atoms with van der Waals surface area (Å²) >= 11 is 5.77. The summed E-state index contributed by atoms with van der Waals surface area (Å²) in [5.74, 6) is -3.68. The first-order valence-electron chi connectivity index (χ1n) is 6.34. The lowest BCUT2D eigenvalue weighted by Gasteiger charge is -2.25. The molecule has 9 heteroatoms. The third kappa shape index (κ3) is 4.19. The van der Waals surface area contributed by atoms with Gasteiger partial charge in [0.1, 0.15) is 4.90 Å². The third-order valence-electron chi connectivity index (χ3n) is 3.21. The molecule has 0 saturated carbocycles. The van der Waals surface area contributed by atoms with Crippen molar-refractivity contribution in [3.8, 4) is 0 Å². The molecule has 0 amide bonds. The Morgan fingerprint density at radius 3 is 2.36 bits per heavy atom. The minimum atomic E-state index is -4.34. The van der Waals surface area contributed by atoms with Gasteiger partial charge in [-0.3, -0.25) is 0 Å². The summed E-state index contributed by atoms with van der Waals surface area (Å²) in [6.07, 6.45) is 0.397. The highest BCUT2D eigenvalue weighted by atomic mass is 35.5. The van der Waals surface area contributed by atoms with Crippen LogP contribution in [0, 0.1) is 5.92 Å². The Kier molecular flexibility index (Phi) is 5.92. The Morgan fingerprint density at radius 2 is 1.91 bits per heavy atom. The molecule has 0 aliphatic carbocycles. The van der Waals surface area contributed by atoms with Gasteiger partial charge in [0.15, 0.2) is 0 Å². The lowest BCUT2D eigenvalue weighted by Crippen LogP contribution is -2.51. The largest absolute Gasteiger partial charge is 0.548 e. The van der Waals surface area contributed by atoms with Crippen LogP contribution in [0.5, 0.6) is 0 Å². The van der Waals surface area contributed by atoms with Gasteiger partial charge in [-0.1, -0.05) is 37.9 Å². The van der Waals surface area contributed by atoms with Gasteiger partial charge in [0, 0.05) is 0 Å². The number of hydrogen-bond acceptors (Lipinski definition) is 6. The van der Waals surface area contributed by atoms with Crippen LogP contribution in [0.2, 0.25) is 5.02 Å². The fourth-order valence-electron chi connectivity index (χ4n) is 1.70. The average molecular weight is 348 g/mol. The van der Waals surface area contributed by atoms with E-state index in [9.17, 15) is 28.2 Å². The maximum absolute atomic E-state index is 12.3. The van der Waals surface area contributed by atoms with E-state index < -0.39 is 44.4 Å². The Morgan fingerprint density at radius 1 is 1.32 bits per heavy atom. The number of halogens is 1. The van der Waals surface area contributed by atoms with Crippen molar-refractivity contribution in [3.63, 3.8) is 0 Å². The Balaban J connectivity index is 3.26. The zero-order chi connectivity index (χ0) is 17.1. The van der Waals surface area contributed by atoms with Gasteiger partial charge in [-0.05, 0) is 23.6 Å². The molecule has 0 aliphatic heterocycles. The highest BCUT2D eigenvalue weighted by Crippen LogP contribution is 2.23. The standard InChI is InChI=1S/C13H16ClNO6S/c1-3-7(2)11(13(18)19)15-22(20,21)10-6-8(12(16)17)4-5-9(10)14/h4-7,11,15H,3H2,1-2H3,(H,16,17)(H,18,19)/p-2/t7-,11+/m1/s1. The lowest BCUT2D eigenvalue weighted by molar-refractivity contribution is -0.309. The maximum atomic E-state index is 12.3. The molecule has 7 nitrogen and oxygen atoms in total. The van der Waals surface area contributed by atoms with Crippen molar-refractivity contribution in [1.82, 2.24) is 4.72 Å². The van der Waals surface area contributed by atoms with Crippen LogP contribution in [-0.2, 0) is 14.8 Å². The molecule has 1 aromatic rings. The maximum Gasteiger partial charge on any atom is 0.242 e. The van der Waals surface area contributed by atoms with Crippen LogP contribution in [0.1, 0.15) is 30.6 Å². The topological polar surface area (TPSA) is 126 Å². The molecule has 122 valence electrons. The zero-order valence-electron chi connectivity index (χ0n) is 11.8.